The molecule has 1 aliphatic rings. The van der Waals surface area contributed by atoms with E-state index in [4.69, 9.17) is 9.47 Å². The van der Waals surface area contributed by atoms with Crippen molar-refractivity contribution in [2.45, 2.75) is 32.6 Å². The lowest BCUT2D eigenvalue weighted by Gasteiger charge is -2.19. The van der Waals surface area contributed by atoms with Crippen LogP contribution in [-0.2, 0) is 11.8 Å². The number of aromatic nitrogens is 1. The Morgan fingerprint density at radius 1 is 1.07 bits per heavy atom. The highest BCUT2D eigenvalue weighted by Gasteiger charge is 2.16. The van der Waals surface area contributed by atoms with E-state index in [1.165, 1.54) is 5.56 Å². The van der Waals surface area contributed by atoms with Crippen molar-refractivity contribution in [3.63, 3.8) is 0 Å². The number of carbonyl (C=O) groups is 1. The van der Waals surface area contributed by atoms with Crippen molar-refractivity contribution in [1.29, 1.82) is 0 Å². The van der Waals surface area contributed by atoms with Crippen LogP contribution in [0.4, 0.5) is 5.69 Å². The molecule has 5 nitrogen and oxygen atoms in total. The molecule has 148 valence electrons. The van der Waals surface area contributed by atoms with E-state index in [0.717, 1.165) is 23.5 Å². The Kier molecular flexibility index (Phi) is 4.97. The zero-order valence-electron chi connectivity index (χ0n) is 16.9. The number of amides is 1. The summed E-state index contributed by atoms with van der Waals surface area (Å²) in [4.78, 5) is 16.8. The lowest BCUT2D eigenvalue weighted by molar-refractivity contribution is 0.102. The van der Waals surface area contributed by atoms with E-state index in [0.29, 0.717) is 23.7 Å². The Balaban J connectivity index is 1.39. The summed E-state index contributed by atoms with van der Waals surface area (Å²) in [5.74, 6) is 1.89. The fraction of sp³-hybridized carbons (Fsp3) is 0.250. The molecule has 1 aromatic heterocycles. The minimum atomic E-state index is -0.173. The molecule has 0 fully saturated rings. The first-order valence-corrected chi connectivity index (χ1v) is 9.70. The Labute approximate surface area is 170 Å². The standard InChI is InChI=1S/C24H24N2O3/c1-24(2,3)18-5-8-20(9-6-18)29-22-11-7-19(15-25-22)26-23(27)17-4-10-21-16(14-17)12-13-28-21/h4-11,14-15H,12-13H2,1-3H3,(H,26,27). The summed E-state index contributed by atoms with van der Waals surface area (Å²) in [5, 5.41) is 2.87. The Bertz CT molecular complexity index is 1020. The Morgan fingerprint density at radius 2 is 1.86 bits per heavy atom. The number of benzene rings is 2. The summed E-state index contributed by atoms with van der Waals surface area (Å²) in [5.41, 5.74) is 3.63. The van der Waals surface area contributed by atoms with Crippen molar-refractivity contribution in [3.8, 4) is 17.4 Å². The molecule has 3 aromatic rings. The van der Waals surface area contributed by atoms with E-state index in [1.54, 1.807) is 24.4 Å². The van der Waals surface area contributed by atoms with E-state index >= 15 is 0 Å². The summed E-state index contributed by atoms with van der Waals surface area (Å²) in [7, 11) is 0. The highest BCUT2D eigenvalue weighted by atomic mass is 16.5. The lowest BCUT2D eigenvalue weighted by atomic mass is 9.87. The van der Waals surface area contributed by atoms with Gasteiger partial charge in [0.05, 0.1) is 18.5 Å². The molecule has 1 amide bonds. The fourth-order valence-electron chi connectivity index (χ4n) is 3.19. The van der Waals surface area contributed by atoms with E-state index in [2.05, 4.69) is 43.2 Å². The quantitative estimate of drug-likeness (QED) is 0.654. The summed E-state index contributed by atoms with van der Waals surface area (Å²) in [6.07, 6.45) is 2.42. The van der Waals surface area contributed by atoms with Crippen LogP contribution in [0.1, 0.15) is 42.3 Å². The topological polar surface area (TPSA) is 60.5 Å². The van der Waals surface area contributed by atoms with Crippen molar-refractivity contribution in [2.75, 3.05) is 11.9 Å². The summed E-state index contributed by atoms with van der Waals surface area (Å²) in [6, 6.07) is 17.0. The van der Waals surface area contributed by atoms with E-state index in [-0.39, 0.29) is 11.3 Å². The van der Waals surface area contributed by atoms with Crippen LogP contribution < -0.4 is 14.8 Å². The van der Waals surface area contributed by atoms with E-state index in [1.807, 2.05) is 24.3 Å². The normalized spacial score (nSPS) is 12.8. The average molecular weight is 388 g/mol. The summed E-state index contributed by atoms with van der Waals surface area (Å²) in [6.45, 7) is 7.20. The van der Waals surface area contributed by atoms with Gasteiger partial charge in [0, 0.05) is 18.1 Å². The van der Waals surface area contributed by atoms with Gasteiger partial charge in [-0.05, 0) is 52.9 Å². The molecule has 29 heavy (non-hydrogen) atoms. The lowest BCUT2D eigenvalue weighted by Crippen LogP contribution is -2.12. The molecule has 1 aliphatic heterocycles. The molecule has 0 saturated heterocycles. The van der Waals surface area contributed by atoms with Crippen molar-refractivity contribution >= 4 is 11.6 Å². The number of ether oxygens (including phenoxy) is 2. The number of fused-ring (bicyclic) bond motifs is 1. The van der Waals surface area contributed by atoms with Gasteiger partial charge in [-0.3, -0.25) is 4.79 Å². The summed E-state index contributed by atoms with van der Waals surface area (Å²) >= 11 is 0. The molecular formula is C24H24N2O3. The predicted molar refractivity (Wildman–Crippen MR) is 113 cm³/mol. The maximum atomic E-state index is 12.5. The van der Waals surface area contributed by atoms with Crippen molar-refractivity contribution in [2.24, 2.45) is 0 Å². The first-order chi connectivity index (χ1) is 13.9. The Hall–Kier alpha value is -3.34. The van der Waals surface area contributed by atoms with Gasteiger partial charge in [-0.25, -0.2) is 4.98 Å². The van der Waals surface area contributed by atoms with Crippen LogP contribution in [0.2, 0.25) is 0 Å². The smallest absolute Gasteiger partial charge is 0.255 e. The molecule has 1 N–H and O–H groups in total. The number of nitrogens with zero attached hydrogens (tertiary/aromatic N) is 1. The zero-order chi connectivity index (χ0) is 20.4. The molecule has 0 spiro atoms. The molecule has 2 heterocycles. The van der Waals surface area contributed by atoms with Crippen LogP contribution in [-0.4, -0.2) is 17.5 Å². The highest BCUT2D eigenvalue weighted by Crippen LogP contribution is 2.28. The molecule has 0 unspecified atom stereocenters. The zero-order valence-corrected chi connectivity index (χ0v) is 16.9. The predicted octanol–water partition coefficient (Wildman–Crippen LogP) is 5.36. The SMILES string of the molecule is CC(C)(C)c1ccc(Oc2ccc(NC(=O)c3ccc4c(c3)CCO4)cn2)cc1. The number of hydrogen-bond acceptors (Lipinski definition) is 4. The molecular weight excluding hydrogens is 364 g/mol. The maximum Gasteiger partial charge on any atom is 0.255 e. The van der Waals surface area contributed by atoms with Crippen LogP contribution in [0, 0.1) is 0 Å². The van der Waals surface area contributed by atoms with Gasteiger partial charge < -0.3 is 14.8 Å². The number of hydrogen-bond donors (Lipinski definition) is 1. The van der Waals surface area contributed by atoms with E-state index in [9.17, 15) is 4.79 Å². The second-order valence-electron chi connectivity index (χ2n) is 8.14. The van der Waals surface area contributed by atoms with Crippen molar-refractivity contribution < 1.29 is 14.3 Å². The summed E-state index contributed by atoms with van der Waals surface area (Å²) < 4.78 is 11.3. The monoisotopic (exact) mass is 388 g/mol. The average Bonchev–Trinajstić information content (AvgIpc) is 3.17. The maximum absolute atomic E-state index is 12.5. The van der Waals surface area contributed by atoms with Crippen LogP contribution in [0.25, 0.3) is 0 Å². The highest BCUT2D eigenvalue weighted by molar-refractivity contribution is 6.04. The van der Waals surface area contributed by atoms with Gasteiger partial charge in [0.15, 0.2) is 0 Å². The van der Waals surface area contributed by atoms with Crippen LogP contribution in [0.5, 0.6) is 17.4 Å². The number of nitrogens with one attached hydrogen (secondary N) is 1. The van der Waals surface area contributed by atoms with E-state index < -0.39 is 0 Å². The molecule has 0 radical (unpaired) electrons. The minimum Gasteiger partial charge on any atom is -0.493 e. The molecule has 5 heteroatoms. The molecule has 4 rings (SSSR count). The molecule has 0 bridgehead atoms. The van der Waals surface area contributed by atoms with Crippen LogP contribution in [0.15, 0.2) is 60.8 Å². The van der Waals surface area contributed by atoms with Gasteiger partial charge in [0.25, 0.3) is 5.91 Å². The fourth-order valence-corrected chi connectivity index (χ4v) is 3.19. The van der Waals surface area contributed by atoms with Crippen molar-refractivity contribution in [1.82, 2.24) is 4.98 Å². The van der Waals surface area contributed by atoms with Crippen LogP contribution >= 0.6 is 0 Å². The van der Waals surface area contributed by atoms with Gasteiger partial charge >= 0.3 is 0 Å². The minimum absolute atomic E-state index is 0.0997. The molecule has 0 atom stereocenters. The second kappa shape index (κ2) is 7.59. The largest absolute Gasteiger partial charge is 0.493 e. The van der Waals surface area contributed by atoms with Gasteiger partial charge in [0.1, 0.15) is 11.5 Å². The van der Waals surface area contributed by atoms with Gasteiger partial charge in [-0.2, -0.15) is 0 Å². The second-order valence-corrected chi connectivity index (χ2v) is 8.14. The number of rotatable bonds is 4. The first kappa shape index (κ1) is 19.0. The van der Waals surface area contributed by atoms with Gasteiger partial charge in [-0.1, -0.05) is 32.9 Å². The van der Waals surface area contributed by atoms with Gasteiger partial charge in [0.2, 0.25) is 5.88 Å². The number of pyridine rings is 1. The number of anilines is 1. The van der Waals surface area contributed by atoms with Gasteiger partial charge in [-0.15, -0.1) is 0 Å². The Morgan fingerprint density at radius 3 is 2.55 bits per heavy atom. The van der Waals surface area contributed by atoms with Crippen molar-refractivity contribution in [3.05, 3.63) is 77.5 Å². The molecule has 2 aromatic carbocycles. The molecule has 0 aliphatic carbocycles. The van der Waals surface area contributed by atoms with Crippen LogP contribution in [0.3, 0.4) is 0 Å². The number of carbonyl (C=O) groups excluding carboxylic acids is 1. The third-order valence-electron chi connectivity index (χ3n) is 4.89. The third-order valence-corrected chi connectivity index (χ3v) is 4.89. The molecule has 0 saturated carbocycles. The first-order valence-electron chi connectivity index (χ1n) is 9.70. The third kappa shape index (κ3) is 4.40.